The maximum atomic E-state index is 11.6. The topological polar surface area (TPSA) is 55.4 Å². The second-order valence-electron chi connectivity index (χ2n) is 4.43. The summed E-state index contributed by atoms with van der Waals surface area (Å²) in [5.74, 6) is 0. The van der Waals surface area contributed by atoms with Crippen LogP contribution in [0.2, 0.25) is 0 Å². The van der Waals surface area contributed by atoms with Crippen LogP contribution in [0.3, 0.4) is 0 Å². The molecule has 0 aromatic carbocycles. The Labute approximate surface area is 85.1 Å². The van der Waals surface area contributed by atoms with Crippen molar-refractivity contribution in [2.24, 2.45) is 0 Å². The van der Waals surface area contributed by atoms with Crippen LogP contribution >= 0.6 is 0 Å². The van der Waals surface area contributed by atoms with Gasteiger partial charge < -0.3 is 4.74 Å². The molecule has 82 valence electrons. The first-order valence-electron chi connectivity index (χ1n) is 5.15. The van der Waals surface area contributed by atoms with E-state index in [4.69, 9.17) is 4.74 Å². The molecule has 0 saturated carbocycles. The minimum atomic E-state index is -3.13. The highest BCUT2D eigenvalue weighted by atomic mass is 32.2. The molecule has 0 aliphatic carbocycles. The van der Waals surface area contributed by atoms with Gasteiger partial charge in [0.1, 0.15) is 0 Å². The fourth-order valence-electron chi connectivity index (χ4n) is 2.11. The summed E-state index contributed by atoms with van der Waals surface area (Å²) in [7, 11) is -3.13. The zero-order valence-corrected chi connectivity index (χ0v) is 9.38. The number of sulfonamides is 1. The first-order valence-corrected chi connectivity index (χ1v) is 6.70. The van der Waals surface area contributed by atoms with Gasteiger partial charge in [0.2, 0.25) is 10.0 Å². The SMILES string of the molecule is CC(C)S(=O)(=O)NC1CC2CCC1O2. The number of rotatable bonds is 3. The Morgan fingerprint density at radius 1 is 1.36 bits per heavy atom. The molecule has 2 aliphatic rings. The predicted molar refractivity (Wildman–Crippen MR) is 53.5 cm³/mol. The Kier molecular flexibility index (Phi) is 2.57. The van der Waals surface area contributed by atoms with E-state index in [0.29, 0.717) is 6.10 Å². The Hall–Kier alpha value is -0.130. The molecule has 2 bridgehead atoms. The van der Waals surface area contributed by atoms with E-state index < -0.39 is 10.0 Å². The lowest BCUT2D eigenvalue weighted by atomic mass is 9.96. The molecule has 1 N–H and O–H groups in total. The molecule has 5 heteroatoms. The zero-order chi connectivity index (χ0) is 10.3. The Morgan fingerprint density at radius 2 is 2.07 bits per heavy atom. The van der Waals surface area contributed by atoms with Crippen LogP contribution in [-0.4, -0.2) is 31.9 Å². The molecule has 4 nitrogen and oxygen atoms in total. The maximum Gasteiger partial charge on any atom is 0.214 e. The summed E-state index contributed by atoms with van der Waals surface area (Å²) >= 11 is 0. The lowest BCUT2D eigenvalue weighted by molar-refractivity contribution is 0.0995. The average Bonchev–Trinajstić information content (AvgIpc) is 2.63. The first kappa shape index (κ1) is 10.4. The zero-order valence-electron chi connectivity index (χ0n) is 8.56. The summed E-state index contributed by atoms with van der Waals surface area (Å²) in [6, 6.07) is 0.0150. The van der Waals surface area contributed by atoms with Gasteiger partial charge in [0, 0.05) is 0 Å². The van der Waals surface area contributed by atoms with Crippen molar-refractivity contribution in [3.63, 3.8) is 0 Å². The highest BCUT2D eigenvalue weighted by Gasteiger charge is 2.42. The monoisotopic (exact) mass is 219 g/mol. The van der Waals surface area contributed by atoms with Crippen molar-refractivity contribution >= 4 is 10.0 Å². The smallest absolute Gasteiger partial charge is 0.214 e. The molecule has 3 unspecified atom stereocenters. The van der Waals surface area contributed by atoms with Gasteiger partial charge in [0.05, 0.1) is 23.5 Å². The molecule has 2 heterocycles. The van der Waals surface area contributed by atoms with E-state index in [9.17, 15) is 8.42 Å². The fourth-order valence-corrected chi connectivity index (χ4v) is 3.05. The van der Waals surface area contributed by atoms with Crippen LogP contribution in [0.15, 0.2) is 0 Å². The fraction of sp³-hybridized carbons (Fsp3) is 1.00. The summed E-state index contributed by atoms with van der Waals surface area (Å²) in [5.41, 5.74) is 0. The van der Waals surface area contributed by atoms with Gasteiger partial charge in [-0.15, -0.1) is 0 Å². The highest BCUT2D eigenvalue weighted by Crippen LogP contribution is 2.34. The molecule has 0 amide bonds. The lowest BCUT2D eigenvalue weighted by Crippen LogP contribution is -2.44. The molecule has 0 aromatic heterocycles. The Morgan fingerprint density at radius 3 is 2.50 bits per heavy atom. The molecular weight excluding hydrogens is 202 g/mol. The van der Waals surface area contributed by atoms with E-state index in [1.165, 1.54) is 0 Å². The minimum absolute atomic E-state index is 0.0150. The van der Waals surface area contributed by atoms with E-state index in [1.807, 2.05) is 0 Å². The van der Waals surface area contributed by atoms with Gasteiger partial charge in [-0.25, -0.2) is 13.1 Å². The molecule has 2 aliphatic heterocycles. The number of fused-ring (bicyclic) bond motifs is 2. The minimum Gasteiger partial charge on any atom is -0.373 e. The molecule has 0 radical (unpaired) electrons. The Balaban J connectivity index is 1.99. The van der Waals surface area contributed by atoms with Gasteiger partial charge in [-0.05, 0) is 33.1 Å². The summed E-state index contributed by atoms with van der Waals surface area (Å²) in [6.45, 7) is 3.38. The van der Waals surface area contributed by atoms with Gasteiger partial charge >= 0.3 is 0 Å². The second kappa shape index (κ2) is 3.47. The summed E-state index contributed by atoms with van der Waals surface area (Å²) in [6.07, 6.45) is 3.34. The van der Waals surface area contributed by atoms with E-state index in [2.05, 4.69) is 4.72 Å². The molecule has 2 rings (SSSR count). The van der Waals surface area contributed by atoms with Gasteiger partial charge in [-0.1, -0.05) is 0 Å². The molecule has 0 spiro atoms. The average molecular weight is 219 g/mol. The number of nitrogens with one attached hydrogen (secondary N) is 1. The first-order chi connectivity index (χ1) is 6.49. The lowest BCUT2D eigenvalue weighted by Gasteiger charge is -2.21. The van der Waals surface area contributed by atoms with Crippen LogP contribution < -0.4 is 4.72 Å². The standard InChI is InChI=1S/C9H17NO3S/c1-6(2)14(11,12)10-8-5-7-3-4-9(8)13-7/h6-10H,3-5H2,1-2H3. The Bertz CT molecular complexity index is 312. The van der Waals surface area contributed by atoms with E-state index in [0.717, 1.165) is 19.3 Å². The quantitative estimate of drug-likeness (QED) is 0.757. The summed E-state index contributed by atoms with van der Waals surface area (Å²) in [5, 5.41) is -0.360. The van der Waals surface area contributed by atoms with Crippen LogP contribution in [0.25, 0.3) is 0 Å². The largest absolute Gasteiger partial charge is 0.373 e. The van der Waals surface area contributed by atoms with Crippen molar-refractivity contribution in [1.82, 2.24) is 4.72 Å². The molecule has 2 saturated heterocycles. The highest BCUT2D eigenvalue weighted by molar-refractivity contribution is 7.90. The molecule has 3 atom stereocenters. The van der Waals surface area contributed by atoms with Crippen molar-refractivity contribution in [1.29, 1.82) is 0 Å². The van der Waals surface area contributed by atoms with Crippen molar-refractivity contribution in [3.05, 3.63) is 0 Å². The van der Waals surface area contributed by atoms with Crippen molar-refractivity contribution in [2.45, 2.75) is 56.6 Å². The summed E-state index contributed by atoms with van der Waals surface area (Å²) < 4.78 is 31.5. The maximum absolute atomic E-state index is 11.6. The van der Waals surface area contributed by atoms with Gasteiger partial charge in [-0.3, -0.25) is 0 Å². The molecule has 14 heavy (non-hydrogen) atoms. The van der Waals surface area contributed by atoms with Crippen molar-refractivity contribution in [2.75, 3.05) is 0 Å². The van der Waals surface area contributed by atoms with Gasteiger partial charge in [0.25, 0.3) is 0 Å². The van der Waals surface area contributed by atoms with Crippen molar-refractivity contribution < 1.29 is 13.2 Å². The van der Waals surface area contributed by atoms with E-state index in [1.54, 1.807) is 13.8 Å². The van der Waals surface area contributed by atoms with Gasteiger partial charge in [-0.2, -0.15) is 0 Å². The van der Waals surface area contributed by atoms with Crippen LogP contribution in [-0.2, 0) is 14.8 Å². The predicted octanol–water partition coefficient (Wildman–Crippen LogP) is 0.634. The number of ether oxygens (including phenoxy) is 1. The second-order valence-corrected chi connectivity index (χ2v) is 6.70. The van der Waals surface area contributed by atoms with E-state index >= 15 is 0 Å². The van der Waals surface area contributed by atoms with Crippen LogP contribution in [0.1, 0.15) is 33.1 Å². The third kappa shape index (κ3) is 1.81. The molecule has 2 fully saturated rings. The summed E-state index contributed by atoms with van der Waals surface area (Å²) in [4.78, 5) is 0. The van der Waals surface area contributed by atoms with E-state index in [-0.39, 0.29) is 17.4 Å². The van der Waals surface area contributed by atoms with Crippen LogP contribution in [0, 0.1) is 0 Å². The third-order valence-electron chi connectivity index (χ3n) is 3.04. The molecular formula is C9H17NO3S. The van der Waals surface area contributed by atoms with Crippen LogP contribution in [0.4, 0.5) is 0 Å². The van der Waals surface area contributed by atoms with Gasteiger partial charge in [0.15, 0.2) is 0 Å². The van der Waals surface area contributed by atoms with Crippen LogP contribution in [0.5, 0.6) is 0 Å². The third-order valence-corrected chi connectivity index (χ3v) is 4.91. The van der Waals surface area contributed by atoms with Crippen molar-refractivity contribution in [3.8, 4) is 0 Å². The normalized spacial score (nSPS) is 36.9. The number of hydrogen-bond acceptors (Lipinski definition) is 3. The number of hydrogen-bond donors (Lipinski definition) is 1. The molecule has 0 aromatic rings.